The molecule has 1 amide bonds. The minimum atomic E-state index is -0.195. The number of rotatable bonds is 4. The number of hydrogen-bond donors (Lipinski definition) is 2. The van der Waals surface area contributed by atoms with Gasteiger partial charge in [0.2, 0.25) is 0 Å². The summed E-state index contributed by atoms with van der Waals surface area (Å²) in [7, 11) is 0. The van der Waals surface area contributed by atoms with Crippen LogP contribution in [0.4, 0.5) is 5.69 Å². The van der Waals surface area contributed by atoms with E-state index in [1.807, 2.05) is 32.0 Å². The Morgan fingerprint density at radius 2 is 2.17 bits per heavy atom. The fourth-order valence-electron chi connectivity index (χ4n) is 2.55. The number of carbonyl (C=O) groups is 1. The number of halogens is 1. The van der Waals surface area contributed by atoms with Crippen LogP contribution in [0.2, 0.25) is 5.02 Å². The number of nitrogens with one attached hydrogen (secondary N) is 1. The van der Waals surface area contributed by atoms with Crippen LogP contribution in [0.25, 0.3) is 10.2 Å². The van der Waals surface area contributed by atoms with Crippen LogP contribution in [0, 0.1) is 13.8 Å². The van der Waals surface area contributed by atoms with Crippen molar-refractivity contribution in [3.05, 3.63) is 51.2 Å². The lowest BCUT2D eigenvalue weighted by Gasteiger charge is -2.05. The average molecular weight is 361 g/mol. The average Bonchev–Trinajstić information content (AvgIpc) is 2.90. The van der Waals surface area contributed by atoms with E-state index in [1.54, 1.807) is 6.20 Å². The monoisotopic (exact) mass is 360 g/mol. The summed E-state index contributed by atoms with van der Waals surface area (Å²) in [5, 5.41) is 4.25. The first-order valence-corrected chi connectivity index (χ1v) is 8.71. The van der Waals surface area contributed by atoms with E-state index in [2.05, 4.69) is 15.3 Å². The second-order valence-corrected chi connectivity index (χ2v) is 6.87. The number of aryl methyl sites for hydroxylation is 2. The molecular formula is C17H17ClN4OS. The Bertz CT molecular complexity index is 908. The summed E-state index contributed by atoms with van der Waals surface area (Å²) in [6, 6.07) is 5.72. The molecular weight excluding hydrogens is 344 g/mol. The van der Waals surface area contributed by atoms with E-state index in [-0.39, 0.29) is 5.91 Å². The molecule has 5 nitrogen and oxygen atoms in total. The lowest BCUT2D eigenvalue weighted by molar-refractivity contribution is 0.0959. The molecule has 0 saturated heterocycles. The Morgan fingerprint density at radius 3 is 2.88 bits per heavy atom. The number of fused-ring (bicyclic) bond motifs is 1. The molecule has 0 saturated carbocycles. The number of carbonyl (C=O) groups excluding carboxylic acids is 1. The molecule has 24 heavy (non-hydrogen) atoms. The number of hydrogen-bond acceptors (Lipinski definition) is 5. The summed E-state index contributed by atoms with van der Waals surface area (Å²) in [4.78, 5) is 22.3. The summed E-state index contributed by atoms with van der Waals surface area (Å²) in [5.41, 5.74) is 9.16. The van der Waals surface area contributed by atoms with Crippen LogP contribution in [0.3, 0.4) is 0 Å². The van der Waals surface area contributed by atoms with Crippen molar-refractivity contribution in [1.29, 1.82) is 0 Å². The zero-order valence-electron chi connectivity index (χ0n) is 13.4. The van der Waals surface area contributed by atoms with Crippen molar-refractivity contribution in [2.45, 2.75) is 20.3 Å². The quantitative estimate of drug-likeness (QED) is 0.746. The summed E-state index contributed by atoms with van der Waals surface area (Å²) < 4.78 is 0. The van der Waals surface area contributed by atoms with Crippen LogP contribution in [0.5, 0.6) is 0 Å². The van der Waals surface area contributed by atoms with Gasteiger partial charge in [0.15, 0.2) is 0 Å². The number of aromatic nitrogens is 2. The van der Waals surface area contributed by atoms with Crippen LogP contribution in [-0.4, -0.2) is 22.4 Å². The lowest BCUT2D eigenvalue weighted by atomic mass is 10.1. The molecule has 0 radical (unpaired) electrons. The van der Waals surface area contributed by atoms with Crippen LogP contribution >= 0.6 is 22.9 Å². The molecule has 3 aromatic heterocycles. The molecule has 3 heterocycles. The molecule has 3 rings (SSSR count). The van der Waals surface area contributed by atoms with E-state index < -0.39 is 0 Å². The fourth-order valence-corrected chi connectivity index (χ4v) is 3.81. The Balaban J connectivity index is 1.80. The number of thiophene rings is 1. The number of nitrogen functional groups attached to an aromatic ring is 1. The van der Waals surface area contributed by atoms with E-state index in [9.17, 15) is 4.79 Å². The van der Waals surface area contributed by atoms with Crippen molar-refractivity contribution < 1.29 is 4.79 Å². The smallest absolute Gasteiger partial charge is 0.263 e. The highest BCUT2D eigenvalue weighted by molar-refractivity contribution is 7.21. The Morgan fingerprint density at radius 1 is 1.38 bits per heavy atom. The molecule has 124 valence electrons. The van der Waals surface area contributed by atoms with Gasteiger partial charge < -0.3 is 11.1 Å². The van der Waals surface area contributed by atoms with E-state index in [4.69, 9.17) is 17.3 Å². The maximum absolute atomic E-state index is 12.4. The minimum Gasteiger partial charge on any atom is -0.397 e. The Kier molecular flexibility index (Phi) is 4.69. The molecule has 0 aliphatic rings. The van der Waals surface area contributed by atoms with Gasteiger partial charge in [-0.05, 0) is 31.5 Å². The minimum absolute atomic E-state index is 0.195. The highest BCUT2D eigenvalue weighted by atomic mass is 35.5. The molecule has 3 N–H and O–H groups in total. The van der Waals surface area contributed by atoms with Crippen LogP contribution in [0.15, 0.2) is 24.4 Å². The van der Waals surface area contributed by atoms with E-state index >= 15 is 0 Å². The summed E-state index contributed by atoms with van der Waals surface area (Å²) in [5.74, 6) is -0.195. The summed E-state index contributed by atoms with van der Waals surface area (Å²) in [6.07, 6.45) is 2.40. The second-order valence-electron chi connectivity index (χ2n) is 5.49. The van der Waals surface area contributed by atoms with Gasteiger partial charge in [-0.2, -0.15) is 0 Å². The van der Waals surface area contributed by atoms with Gasteiger partial charge in [0.05, 0.1) is 16.4 Å². The van der Waals surface area contributed by atoms with Crippen molar-refractivity contribution in [2.75, 3.05) is 12.3 Å². The topological polar surface area (TPSA) is 80.9 Å². The van der Waals surface area contributed by atoms with E-state index in [1.165, 1.54) is 11.3 Å². The van der Waals surface area contributed by atoms with Crippen LogP contribution < -0.4 is 11.1 Å². The maximum Gasteiger partial charge on any atom is 0.263 e. The first-order valence-electron chi connectivity index (χ1n) is 7.51. The molecule has 0 unspecified atom stereocenters. The number of anilines is 1. The second kappa shape index (κ2) is 6.75. The molecule has 3 aromatic rings. The van der Waals surface area contributed by atoms with Gasteiger partial charge >= 0.3 is 0 Å². The van der Waals surface area contributed by atoms with Crippen molar-refractivity contribution in [2.24, 2.45) is 0 Å². The van der Waals surface area contributed by atoms with Gasteiger partial charge in [-0.15, -0.1) is 11.3 Å². The fraction of sp³-hybridized carbons (Fsp3) is 0.235. The molecule has 0 bridgehead atoms. The zero-order valence-corrected chi connectivity index (χ0v) is 15.0. The first kappa shape index (κ1) is 16.7. The highest BCUT2D eigenvalue weighted by Gasteiger charge is 2.20. The third-order valence-electron chi connectivity index (χ3n) is 3.82. The largest absolute Gasteiger partial charge is 0.397 e. The van der Waals surface area contributed by atoms with Crippen molar-refractivity contribution >= 4 is 44.7 Å². The van der Waals surface area contributed by atoms with Gasteiger partial charge in [-0.3, -0.25) is 9.78 Å². The van der Waals surface area contributed by atoms with Gasteiger partial charge in [0.1, 0.15) is 9.71 Å². The predicted octanol–water partition coefficient (Wildman–Crippen LogP) is 3.52. The van der Waals surface area contributed by atoms with Crippen molar-refractivity contribution in [1.82, 2.24) is 15.3 Å². The highest BCUT2D eigenvalue weighted by Crippen LogP contribution is 2.38. The lowest BCUT2D eigenvalue weighted by Crippen LogP contribution is -2.25. The number of pyridine rings is 2. The van der Waals surface area contributed by atoms with E-state index in [0.717, 1.165) is 27.2 Å². The van der Waals surface area contributed by atoms with E-state index in [0.29, 0.717) is 28.6 Å². The van der Waals surface area contributed by atoms with Crippen molar-refractivity contribution in [3.8, 4) is 0 Å². The molecule has 0 aliphatic heterocycles. The molecule has 0 spiro atoms. The molecule has 0 aliphatic carbocycles. The molecule has 0 atom stereocenters. The van der Waals surface area contributed by atoms with Gasteiger partial charge in [-0.25, -0.2) is 4.98 Å². The van der Waals surface area contributed by atoms with Gasteiger partial charge in [-0.1, -0.05) is 17.7 Å². The molecule has 0 fully saturated rings. The predicted molar refractivity (Wildman–Crippen MR) is 98.8 cm³/mol. The third-order valence-corrected chi connectivity index (χ3v) is 5.47. The maximum atomic E-state index is 12.4. The first-order chi connectivity index (χ1) is 11.5. The molecule has 0 aromatic carbocycles. The van der Waals surface area contributed by atoms with Crippen LogP contribution in [0.1, 0.15) is 26.6 Å². The van der Waals surface area contributed by atoms with Crippen molar-refractivity contribution in [3.63, 3.8) is 0 Å². The number of nitrogens with two attached hydrogens (primary N) is 1. The van der Waals surface area contributed by atoms with Crippen LogP contribution in [-0.2, 0) is 6.42 Å². The van der Waals surface area contributed by atoms with Gasteiger partial charge in [0.25, 0.3) is 5.91 Å². The number of nitrogens with zero attached hydrogens (tertiary/aromatic N) is 2. The SMILES string of the molecule is Cc1nc2sc(C(=O)NCCc3ccccn3)c(N)c2c(C)c1Cl. The number of amides is 1. The Hall–Kier alpha value is -2.18. The normalized spacial score (nSPS) is 11.0. The zero-order chi connectivity index (χ0) is 17.3. The molecule has 7 heteroatoms. The van der Waals surface area contributed by atoms with Gasteiger partial charge in [0, 0.05) is 30.2 Å². The standard InChI is InChI=1S/C17H17ClN4OS/c1-9-12-14(19)15(24-17(12)22-10(2)13(9)18)16(23)21-8-6-11-5-3-4-7-20-11/h3-5,7H,6,8,19H2,1-2H3,(H,21,23). The summed E-state index contributed by atoms with van der Waals surface area (Å²) in [6.45, 7) is 4.23. The summed E-state index contributed by atoms with van der Waals surface area (Å²) >= 11 is 7.54. The third kappa shape index (κ3) is 3.07. The Labute approximate surface area is 148 Å².